The standard InChI is InChI=1S/C22H33F2O4/c23-21(24)17-28-27-14-10-8-6-4-2-1-3-5-7-9-13-26-22(25)20-16-18-11-12-19(20)15-18/h11-12,18-20H,1-10,13-16H2/q-1. The Morgan fingerprint density at radius 2 is 1.46 bits per heavy atom. The Bertz CT molecular complexity index is 503. The second-order valence-corrected chi connectivity index (χ2v) is 7.86. The smallest absolute Gasteiger partial charge is 0.309 e. The molecule has 0 N–H and O–H groups in total. The van der Waals surface area contributed by atoms with Crippen molar-refractivity contribution in [3.63, 3.8) is 0 Å². The normalized spacial score (nSPS) is 22.4. The highest BCUT2D eigenvalue weighted by Crippen LogP contribution is 2.43. The quantitative estimate of drug-likeness (QED) is 0.0595. The van der Waals surface area contributed by atoms with Gasteiger partial charge in [-0.05, 0) is 37.5 Å². The number of carbonyl (C=O) groups is 1. The van der Waals surface area contributed by atoms with E-state index in [0.29, 0.717) is 25.0 Å². The molecule has 2 aliphatic rings. The van der Waals surface area contributed by atoms with Gasteiger partial charge in [0, 0.05) is 0 Å². The first-order valence-electron chi connectivity index (χ1n) is 10.7. The van der Waals surface area contributed by atoms with E-state index < -0.39 is 6.08 Å². The summed E-state index contributed by atoms with van der Waals surface area (Å²) < 4.78 is 28.7. The maximum Gasteiger partial charge on any atom is 0.309 e. The fourth-order valence-corrected chi connectivity index (χ4v) is 4.11. The van der Waals surface area contributed by atoms with Crippen LogP contribution >= 0.6 is 0 Å². The van der Waals surface area contributed by atoms with Crippen LogP contribution in [0.5, 0.6) is 0 Å². The largest absolute Gasteiger partial charge is 0.542 e. The van der Waals surface area contributed by atoms with Crippen molar-refractivity contribution in [2.24, 2.45) is 17.8 Å². The van der Waals surface area contributed by atoms with Crippen LogP contribution in [0.4, 0.5) is 8.78 Å². The van der Waals surface area contributed by atoms with Crippen LogP contribution in [-0.2, 0) is 19.3 Å². The highest BCUT2D eigenvalue weighted by Gasteiger charge is 2.40. The van der Waals surface area contributed by atoms with Gasteiger partial charge in [-0.3, -0.25) is 4.79 Å². The van der Waals surface area contributed by atoms with E-state index in [1.54, 1.807) is 0 Å². The summed E-state index contributed by atoms with van der Waals surface area (Å²) in [6.07, 6.45) is 16.9. The van der Waals surface area contributed by atoms with Gasteiger partial charge in [0.05, 0.1) is 19.1 Å². The third-order valence-corrected chi connectivity index (χ3v) is 5.63. The minimum atomic E-state index is -2.02. The van der Waals surface area contributed by atoms with Crippen molar-refractivity contribution in [1.29, 1.82) is 0 Å². The number of esters is 1. The Labute approximate surface area is 167 Å². The predicted molar refractivity (Wildman–Crippen MR) is 102 cm³/mol. The lowest BCUT2D eigenvalue weighted by molar-refractivity contribution is -0.261. The zero-order valence-corrected chi connectivity index (χ0v) is 16.7. The summed E-state index contributed by atoms with van der Waals surface area (Å²) in [5.74, 6) is 1.17. The summed E-state index contributed by atoms with van der Waals surface area (Å²) in [5, 5.41) is 0. The average molecular weight is 399 g/mol. The number of rotatable bonds is 16. The molecule has 0 spiro atoms. The molecule has 1 saturated carbocycles. The number of hydrogen-bond acceptors (Lipinski definition) is 4. The van der Waals surface area contributed by atoms with Crippen molar-refractivity contribution in [2.75, 3.05) is 13.2 Å². The van der Waals surface area contributed by atoms with Crippen molar-refractivity contribution < 1.29 is 28.1 Å². The van der Waals surface area contributed by atoms with Crippen molar-refractivity contribution >= 4 is 5.97 Å². The second kappa shape index (κ2) is 13.7. The molecule has 0 amide bonds. The molecule has 6 heteroatoms. The molecule has 0 radical (unpaired) electrons. The molecule has 0 heterocycles. The molecule has 2 rings (SSSR count). The molecule has 0 aromatic heterocycles. The molecule has 160 valence electrons. The first-order valence-corrected chi connectivity index (χ1v) is 10.7. The monoisotopic (exact) mass is 399 g/mol. The topological polar surface area (TPSA) is 44.8 Å². The highest BCUT2D eigenvalue weighted by molar-refractivity contribution is 5.74. The van der Waals surface area contributed by atoms with Gasteiger partial charge in [0.15, 0.2) is 0 Å². The molecule has 0 aromatic carbocycles. The Morgan fingerprint density at radius 1 is 0.857 bits per heavy atom. The predicted octanol–water partition coefficient (Wildman–Crippen LogP) is 6.13. The Morgan fingerprint density at radius 3 is 2.00 bits per heavy atom. The summed E-state index contributed by atoms with van der Waals surface area (Å²) in [6.45, 7) is 0.872. The molecule has 3 atom stereocenters. The molecule has 2 aliphatic carbocycles. The first-order chi connectivity index (χ1) is 13.7. The van der Waals surface area contributed by atoms with Crippen molar-refractivity contribution in [3.8, 4) is 0 Å². The fraction of sp³-hybridized carbons (Fsp3) is 0.773. The number of ether oxygens (including phenoxy) is 1. The zero-order valence-electron chi connectivity index (χ0n) is 16.7. The SMILES string of the molecule is O=C(OCCCCCCCCCCCCOO[C-]=C(F)F)C1CC2C=CC1C2. The van der Waals surface area contributed by atoms with Crippen LogP contribution in [0.15, 0.2) is 18.2 Å². The van der Waals surface area contributed by atoms with Gasteiger partial charge in [-0.15, -0.1) is 0 Å². The first kappa shape index (κ1) is 22.9. The molecule has 4 nitrogen and oxygen atoms in total. The third-order valence-electron chi connectivity index (χ3n) is 5.63. The maximum atomic E-state index is 12.1. The minimum Gasteiger partial charge on any atom is -0.542 e. The van der Waals surface area contributed by atoms with E-state index >= 15 is 0 Å². The van der Waals surface area contributed by atoms with Gasteiger partial charge in [0.25, 0.3) is 0 Å². The van der Waals surface area contributed by atoms with Crippen LogP contribution < -0.4 is 0 Å². The van der Waals surface area contributed by atoms with Gasteiger partial charge in [-0.25, -0.2) is 13.7 Å². The third kappa shape index (κ3) is 9.18. The fourth-order valence-electron chi connectivity index (χ4n) is 4.11. The molecule has 0 aliphatic heterocycles. The summed E-state index contributed by atoms with van der Waals surface area (Å²) in [6, 6.07) is 0. The molecule has 2 bridgehead atoms. The van der Waals surface area contributed by atoms with Gasteiger partial charge >= 0.3 is 5.97 Å². The van der Waals surface area contributed by atoms with E-state index in [-0.39, 0.29) is 11.9 Å². The van der Waals surface area contributed by atoms with Crippen LogP contribution in [-0.4, -0.2) is 19.2 Å². The Balaban J connectivity index is 1.27. The Hall–Kier alpha value is -1.43. The molecular weight excluding hydrogens is 366 g/mol. The molecule has 3 unspecified atom stereocenters. The maximum absolute atomic E-state index is 12.1. The van der Waals surface area contributed by atoms with Crippen molar-refractivity contribution in [3.05, 3.63) is 24.5 Å². The van der Waals surface area contributed by atoms with Crippen LogP contribution in [0.25, 0.3) is 0 Å². The number of carbonyl (C=O) groups excluding carboxylic acids is 1. The second-order valence-electron chi connectivity index (χ2n) is 7.86. The van der Waals surface area contributed by atoms with Crippen molar-refractivity contribution in [2.45, 2.75) is 77.0 Å². The lowest BCUT2D eigenvalue weighted by Crippen LogP contribution is -2.21. The van der Waals surface area contributed by atoms with Gasteiger partial charge in [0.2, 0.25) is 0 Å². The van der Waals surface area contributed by atoms with E-state index in [0.717, 1.165) is 44.9 Å². The van der Waals surface area contributed by atoms with Gasteiger partial charge in [-0.1, -0.05) is 63.5 Å². The average Bonchev–Trinajstić information content (AvgIpc) is 3.31. The van der Waals surface area contributed by atoms with E-state index in [2.05, 4.69) is 21.9 Å². The summed E-state index contributed by atoms with van der Waals surface area (Å²) >= 11 is 0. The van der Waals surface area contributed by atoms with E-state index in [9.17, 15) is 13.6 Å². The Kier molecular flexibility index (Phi) is 11.2. The number of fused-ring (bicyclic) bond motifs is 2. The zero-order chi connectivity index (χ0) is 20.0. The van der Waals surface area contributed by atoms with Gasteiger partial charge < -0.3 is 9.62 Å². The van der Waals surface area contributed by atoms with E-state index in [4.69, 9.17) is 4.74 Å². The minimum absolute atomic E-state index is 0.0120. The van der Waals surface area contributed by atoms with Gasteiger partial charge in [-0.2, -0.15) is 6.26 Å². The lowest BCUT2D eigenvalue weighted by atomic mass is 9.94. The van der Waals surface area contributed by atoms with Crippen LogP contribution in [0.1, 0.15) is 77.0 Å². The molecule has 1 fully saturated rings. The number of allylic oxidation sites excluding steroid dienone is 2. The van der Waals surface area contributed by atoms with Crippen molar-refractivity contribution in [1.82, 2.24) is 0 Å². The molecule has 0 saturated heterocycles. The number of unbranched alkanes of at least 4 members (excludes halogenated alkanes) is 9. The van der Waals surface area contributed by atoms with Crippen LogP contribution in [0.3, 0.4) is 0 Å². The molecule has 28 heavy (non-hydrogen) atoms. The lowest BCUT2D eigenvalue weighted by Gasteiger charge is -2.16. The summed E-state index contributed by atoms with van der Waals surface area (Å²) in [4.78, 5) is 20.7. The number of hydrogen-bond donors (Lipinski definition) is 0. The summed E-state index contributed by atoms with van der Waals surface area (Å²) in [7, 11) is 0. The molecular formula is C22H33F2O4-. The highest BCUT2D eigenvalue weighted by atomic mass is 19.3. The summed E-state index contributed by atoms with van der Waals surface area (Å²) in [5.41, 5.74) is 0. The molecule has 0 aromatic rings. The van der Waals surface area contributed by atoms with Crippen LogP contribution in [0.2, 0.25) is 0 Å². The van der Waals surface area contributed by atoms with Gasteiger partial charge in [0.1, 0.15) is 6.08 Å². The van der Waals surface area contributed by atoms with Crippen LogP contribution in [0, 0.1) is 24.0 Å². The van der Waals surface area contributed by atoms with E-state index in [1.807, 2.05) is 0 Å². The van der Waals surface area contributed by atoms with E-state index in [1.165, 1.54) is 38.4 Å². The number of halogens is 2.